The Morgan fingerprint density at radius 3 is 2.58 bits per heavy atom. The van der Waals surface area contributed by atoms with Gasteiger partial charge in [-0.2, -0.15) is 0 Å². The molecule has 106 valence electrons. The normalized spacial score (nSPS) is 18.1. The van der Waals surface area contributed by atoms with E-state index < -0.39 is 5.97 Å². The molecule has 0 aromatic carbocycles. The molecule has 0 atom stereocenters. The van der Waals surface area contributed by atoms with Crippen molar-refractivity contribution in [3.8, 4) is 0 Å². The fraction of sp³-hybridized carbons (Fsp3) is 0.714. The number of aromatic nitrogens is 2. The molecule has 4 nitrogen and oxygen atoms in total. The minimum absolute atomic E-state index is 0.0215. The molecule has 0 spiro atoms. The van der Waals surface area contributed by atoms with E-state index in [1.807, 2.05) is 6.20 Å². The lowest BCUT2D eigenvalue weighted by atomic mass is 9.77. The van der Waals surface area contributed by atoms with Gasteiger partial charge in [-0.3, -0.25) is 4.79 Å². The molecule has 0 radical (unpaired) electrons. The average Bonchev–Trinajstić information content (AvgIpc) is 2.66. The first-order valence-corrected chi connectivity index (χ1v) is 7.66. The zero-order chi connectivity index (χ0) is 14.3. The van der Waals surface area contributed by atoms with E-state index in [4.69, 9.17) is 5.11 Å². The Kier molecular flexibility index (Phi) is 3.69. The van der Waals surface area contributed by atoms with E-state index in [0.29, 0.717) is 0 Å². The monoisotopic (exact) mass is 282 g/mol. The molecule has 0 bridgehead atoms. The Morgan fingerprint density at radius 2 is 2.16 bits per heavy atom. The van der Waals surface area contributed by atoms with Crippen molar-refractivity contribution in [1.29, 1.82) is 0 Å². The summed E-state index contributed by atoms with van der Waals surface area (Å²) in [4.78, 5) is 15.2. The van der Waals surface area contributed by atoms with Crippen molar-refractivity contribution in [2.75, 3.05) is 5.75 Å². The van der Waals surface area contributed by atoms with Crippen molar-refractivity contribution in [1.82, 2.24) is 9.55 Å². The van der Waals surface area contributed by atoms with Gasteiger partial charge in [-0.15, -0.1) is 0 Å². The maximum absolute atomic E-state index is 10.8. The highest BCUT2D eigenvalue weighted by molar-refractivity contribution is 7.99. The summed E-state index contributed by atoms with van der Waals surface area (Å²) in [6, 6.07) is 0. The van der Waals surface area contributed by atoms with Crippen LogP contribution in [0.15, 0.2) is 11.4 Å². The zero-order valence-electron chi connectivity index (χ0n) is 12.1. The number of carboxylic acids is 1. The van der Waals surface area contributed by atoms with Gasteiger partial charge in [-0.05, 0) is 26.2 Å². The van der Waals surface area contributed by atoms with E-state index in [0.717, 1.165) is 18.0 Å². The van der Waals surface area contributed by atoms with Crippen LogP contribution in [0.3, 0.4) is 0 Å². The second-order valence-electron chi connectivity index (χ2n) is 6.54. The summed E-state index contributed by atoms with van der Waals surface area (Å²) in [5, 5.41) is 9.69. The topological polar surface area (TPSA) is 55.1 Å². The van der Waals surface area contributed by atoms with Crippen LogP contribution in [-0.2, 0) is 15.7 Å². The van der Waals surface area contributed by atoms with Crippen LogP contribution in [-0.4, -0.2) is 26.4 Å². The summed E-state index contributed by atoms with van der Waals surface area (Å²) in [5.41, 5.74) is 1.33. The fourth-order valence-electron chi connectivity index (χ4n) is 2.53. The quantitative estimate of drug-likeness (QED) is 0.861. The molecule has 19 heavy (non-hydrogen) atoms. The van der Waals surface area contributed by atoms with Gasteiger partial charge in [0.1, 0.15) is 0 Å². The summed E-state index contributed by atoms with van der Waals surface area (Å²) in [6.07, 6.45) is 5.44. The fourth-order valence-corrected chi connectivity index (χ4v) is 3.35. The van der Waals surface area contributed by atoms with E-state index in [9.17, 15) is 4.79 Å². The predicted molar refractivity (Wildman–Crippen MR) is 76.8 cm³/mol. The Labute approximate surface area is 118 Å². The molecule has 1 aromatic heterocycles. The van der Waals surface area contributed by atoms with Gasteiger partial charge in [0, 0.05) is 22.8 Å². The zero-order valence-corrected chi connectivity index (χ0v) is 12.9. The summed E-state index contributed by atoms with van der Waals surface area (Å²) >= 11 is 1.32. The Bertz CT molecular complexity index is 484. The Hall–Kier alpha value is -0.970. The van der Waals surface area contributed by atoms with Crippen LogP contribution >= 0.6 is 11.8 Å². The van der Waals surface area contributed by atoms with Gasteiger partial charge in [-0.1, -0.05) is 32.5 Å². The molecular formula is C14H22N2O2S. The molecule has 0 aliphatic heterocycles. The molecule has 0 amide bonds. The molecule has 1 aliphatic rings. The average molecular weight is 282 g/mol. The van der Waals surface area contributed by atoms with Crippen LogP contribution in [0.1, 0.15) is 52.7 Å². The number of hydrogen-bond acceptors (Lipinski definition) is 3. The standard InChI is InChI=1S/C14H22N2O2S/c1-13(2,3)10-8-15-12(19-9-11(17)18)16(10)14(4)6-5-7-14/h8H,5-7,9H2,1-4H3,(H,17,18). The second-order valence-corrected chi connectivity index (χ2v) is 7.49. The molecule has 1 aliphatic carbocycles. The van der Waals surface area contributed by atoms with Gasteiger partial charge in [-0.25, -0.2) is 4.98 Å². The van der Waals surface area contributed by atoms with E-state index in [1.54, 1.807) is 0 Å². The predicted octanol–water partition coefficient (Wildman–Crippen LogP) is 3.26. The van der Waals surface area contributed by atoms with Crippen LogP contribution < -0.4 is 0 Å². The van der Waals surface area contributed by atoms with Gasteiger partial charge in [0.05, 0.1) is 5.75 Å². The summed E-state index contributed by atoms with van der Waals surface area (Å²) < 4.78 is 2.28. The number of rotatable bonds is 4. The maximum Gasteiger partial charge on any atom is 0.313 e. The molecule has 1 heterocycles. The van der Waals surface area contributed by atoms with E-state index in [2.05, 4.69) is 37.2 Å². The van der Waals surface area contributed by atoms with Gasteiger partial charge in [0.2, 0.25) is 0 Å². The highest BCUT2D eigenvalue weighted by Gasteiger charge is 2.39. The summed E-state index contributed by atoms with van der Waals surface area (Å²) in [7, 11) is 0. The highest BCUT2D eigenvalue weighted by atomic mass is 32.2. The van der Waals surface area contributed by atoms with Gasteiger partial charge in [0.25, 0.3) is 0 Å². The Morgan fingerprint density at radius 1 is 1.53 bits per heavy atom. The smallest absolute Gasteiger partial charge is 0.313 e. The molecule has 5 heteroatoms. The first kappa shape index (κ1) is 14.4. The summed E-state index contributed by atoms with van der Waals surface area (Å²) in [6.45, 7) is 8.77. The summed E-state index contributed by atoms with van der Waals surface area (Å²) in [5.74, 6) is -0.730. The molecule has 1 saturated carbocycles. The lowest BCUT2D eigenvalue weighted by molar-refractivity contribution is -0.133. The number of thioether (sulfide) groups is 1. The van der Waals surface area contributed by atoms with Crippen molar-refractivity contribution in [3.63, 3.8) is 0 Å². The number of carboxylic acid groups (broad SMARTS) is 1. The van der Waals surface area contributed by atoms with Gasteiger partial charge in [0.15, 0.2) is 5.16 Å². The highest BCUT2D eigenvalue weighted by Crippen LogP contribution is 2.44. The molecule has 1 N–H and O–H groups in total. The van der Waals surface area contributed by atoms with E-state index >= 15 is 0 Å². The SMILES string of the molecule is CC(C)(C)c1cnc(SCC(=O)O)n1C1(C)CCC1. The first-order chi connectivity index (χ1) is 8.74. The first-order valence-electron chi connectivity index (χ1n) is 6.67. The van der Waals surface area contributed by atoms with Gasteiger partial charge >= 0.3 is 5.97 Å². The van der Waals surface area contributed by atoms with Crippen molar-refractivity contribution >= 4 is 17.7 Å². The van der Waals surface area contributed by atoms with E-state index in [-0.39, 0.29) is 16.7 Å². The Balaban J connectivity index is 2.39. The number of hydrogen-bond donors (Lipinski definition) is 1. The van der Waals surface area contributed by atoms with Crippen molar-refractivity contribution in [2.45, 2.75) is 63.1 Å². The number of imidazole rings is 1. The molecule has 0 unspecified atom stereocenters. The number of carbonyl (C=O) groups is 1. The minimum atomic E-state index is -0.796. The molecule has 2 rings (SSSR count). The van der Waals surface area contributed by atoms with Crippen molar-refractivity contribution in [2.24, 2.45) is 0 Å². The lowest BCUT2D eigenvalue weighted by Crippen LogP contribution is -2.40. The van der Waals surface area contributed by atoms with Crippen LogP contribution in [0.5, 0.6) is 0 Å². The third-order valence-corrected chi connectivity index (χ3v) is 4.73. The number of nitrogens with zero attached hydrogens (tertiary/aromatic N) is 2. The van der Waals surface area contributed by atoms with Gasteiger partial charge < -0.3 is 9.67 Å². The van der Waals surface area contributed by atoms with E-state index in [1.165, 1.54) is 23.9 Å². The third-order valence-electron chi connectivity index (χ3n) is 3.79. The molecular weight excluding hydrogens is 260 g/mol. The van der Waals surface area contributed by atoms with Crippen LogP contribution in [0.4, 0.5) is 0 Å². The van der Waals surface area contributed by atoms with Crippen LogP contribution in [0, 0.1) is 0 Å². The molecule has 1 aromatic rings. The lowest BCUT2D eigenvalue weighted by Gasteiger charge is -2.43. The molecule has 0 saturated heterocycles. The maximum atomic E-state index is 10.8. The second kappa shape index (κ2) is 4.85. The van der Waals surface area contributed by atoms with Crippen LogP contribution in [0.25, 0.3) is 0 Å². The third kappa shape index (κ3) is 2.81. The largest absolute Gasteiger partial charge is 0.481 e. The number of aliphatic carboxylic acids is 1. The van der Waals surface area contributed by atoms with Crippen LogP contribution in [0.2, 0.25) is 0 Å². The molecule has 1 fully saturated rings. The minimum Gasteiger partial charge on any atom is -0.481 e. The van der Waals surface area contributed by atoms with Crippen molar-refractivity contribution in [3.05, 3.63) is 11.9 Å². The van der Waals surface area contributed by atoms with Crippen molar-refractivity contribution < 1.29 is 9.90 Å².